The Hall–Kier alpha value is -0.990. The van der Waals surface area contributed by atoms with Crippen molar-refractivity contribution in [1.29, 1.82) is 0 Å². The third-order valence-corrected chi connectivity index (χ3v) is 3.43. The van der Waals surface area contributed by atoms with Crippen molar-refractivity contribution in [2.75, 3.05) is 18.4 Å². The van der Waals surface area contributed by atoms with E-state index in [0.717, 1.165) is 3.79 Å². The van der Waals surface area contributed by atoms with Crippen LogP contribution in [0.1, 0.15) is 0 Å². The number of nitrogens with one attached hydrogen (secondary N) is 3. The van der Waals surface area contributed by atoms with Gasteiger partial charge in [-0.15, -0.1) is 0 Å². The molecule has 0 bridgehead atoms. The van der Waals surface area contributed by atoms with Gasteiger partial charge in [0.15, 0.2) is 5.13 Å². The summed E-state index contributed by atoms with van der Waals surface area (Å²) in [6, 6.07) is -0.402. The molecule has 1 aliphatic rings. The van der Waals surface area contributed by atoms with Crippen LogP contribution in [0.4, 0.5) is 5.13 Å². The maximum atomic E-state index is 11.7. The topological polar surface area (TPSA) is 83.1 Å². The summed E-state index contributed by atoms with van der Waals surface area (Å²) in [5, 5.41) is 8.66. The smallest absolute Gasteiger partial charge is 0.245 e. The predicted octanol–water partition coefficient (Wildman–Crippen LogP) is -0.0679. The first-order valence-corrected chi connectivity index (χ1v) is 6.18. The first kappa shape index (κ1) is 11.5. The Kier molecular flexibility index (Phi) is 3.52. The molecule has 6 nitrogen and oxygen atoms in total. The van der Waals surface area contributed by atoms with E-state index >= 15 is 0 Å². The van der Waals surface area contributed by atoms with E-state index in [2.05, 4.69) is 36.9 Å². The van der Waals surface area contributed by atoms with E-state index in [0.29, 0.717) is 11.7 Å². The summed E-state index contributed by atoms with van der Waals surface area (Å²) < 4.78 is 0.854. The molecular weight excluding hydrogens is 296 g/mol. The minimum absolute atomic E-state index is 0.0963. The van der Waals surface area contributed by atoms with Crippen LogP contribution in [-0.4, -0.2) is 35.9 Å². The van der Waals surface area contributed by atoms with Gasteiger partial charge in [-0.1, -0.05) is 11.3 Å². The number of nitrogens with zero attached hydrogens (tertiary/aromatic N) is 1. The van der Waals surface area contributed by atoms with Crippen molar-refractivity contribution >= 4 is 44.2 Å². The minimum Gasteiger partial charge on any atom is -0.353 e. The lowest BCUT2D eigenvalue weighted by Gasteiger charge is -2.22. The number of piperazine rings is 1. The standard InChI is InChI=1S/C8H9BrN4O2S/c9-5-2-12-8(16-5)13-7(15)4-1-11-6(14)3-10-4/h2,4,10H,1,3H2,(H,11,14)(H,12,13,15). The Labute approximate surface area is 104 Å². The van der Waals surface area contributed by atoms with Crippen LogP contribution >= 0.6 is 27.3 Å². The second-order valence-electron chi connectivity index (χ2n) is 3.20. The summed E-state index contributed by atoms with van der Waals surface area (Å²) in [6.45, 7) is 0.469. The Morgan fingerprint density at radius 3 is 3.06 bits per heavy atom. The average molecular weight is 305 g/mol. The lowest BCUT2D eigenvalue weighted by Crippen LogP contribution is -2.56. The Balaban J connectivity index is 1.91. The van der Waals surface area contributed by atoms with Crippen LogP contribution in [0.2, 0.25) is 0 Å². The maximum absolute atomic E-state index is 11.7. The fourth-order valence-corrected chi connectivity index (χ4v) is 2.37. The lowest BCUT2D eigenvalue weighted by atomic mass is 10.2. The van der Waals surface area contributed by atoms with Crippen LogP contribution in [0.25, 0.3) is 0 Å². The number of hydrogen-bond acceptors (Lipinski definition) is 5. The van der Waals surface area contributed by atoms with E-state index in [1.807, 2.05) is 0 Å². The summed E-state index contributed by atoms with van der Waals surface area (Å²) in [6.07, 6.45) is 1.62. The zero-order valence-corrected chi connectivity index (χ0v) is 10.5. The largest absolute Gasteiger partial charge is 0.353 e. The van der Waals surface area contributed by atoms with Crippen LogP contribution < -0.4 is 16.0 Å². The first-order valence-electron chi connectivity index (χ1n) is 4.57. The number of carbonyl (C=O) groups excluding carboxylic acids is 2. The van der Waals surface area contributed by atoms with Gasteiger partial charge in [-0.25, -0.2) is 4.98 Å². The molecule has 0 spiro atoms. The highest BCUT2D eigenvalue weighted by molar-refractivity contribution is 9.11. The van der Waals surface area contributed by atoms with E-state index < -0.39 is 6.04 Å². The molecule has 1 atom stereocenters. The van der Waals surface area contributed by atoms with Crippen molar-refractivity contribution in [3.05, 3.63) is 9.98 Å². The van der Waals surface area contributed by atoms with Crippen LogP contribution in [0.3, 0.4) is 0 Å². The van der Waals surface area contributed by atoms with Gasteiger partial charge in [0.1, 0.15) is 6.04 Å². The second kappa shape index (κ2) is 4.89. The van der Waals surface area contributed by atoms with E-state index in [1.54, 1.807) is 6.20 Å². The normalized spacial score (nSPS) is 20.3. The molecule has 1 aliphatic heterocycles. The molecule has 2 rings (SSSR count). The summed E-state index contributed by atoms with van der Waals surface area (Å²) in [5.41, 5.74) is 0. The van der Waals surface area contributed by atoms with Crippen molar-refractivity contribution in [2.24, 2.45) is 0 Å². The summed E-state index contributed by atoms with van der Waals surface area (Å²) in [4.78, 5) is 26.6. The third kappa shape index (κ3) is 2.77. The number of anilines is 1. The second-order valence-corrected chi connectivity index (χ2v) is 5.61. The molecule has 0 radical (unpaired) electrons. The van der Waals surface area contributed by atoms with E-state index in [4.69, 9.17) is 0 Å². The molecule has 2 amide bonds. The highest BCUT2D eigenvalue weighted by Gasteiger charge is 2.24. The molecule has 86 valence electrons. The fraction of sp³-hybridized carbons (Fsp3) is 0.375. The molecule has 3 N–H and O–H groups in total. The molecule has 16 heavy (non-hydrogen) atoms. The van der Waals surface area contributed by atoms with Crippen molar-refractivity contribution in [3.63, 3.8) is 0 Å². The molecule has 0 aromatic carbocycles. The van der Waals surface area contributed by atoms with Crippen LogP contribution in [0.5, 0.6) is 0 Å². The molecule has 0 aliphatic carbocycles. The lowest BCUT2D eigenvalue weighted by molar-refractivity contribution is -0.124. The molecular formula is C8H9BrN4O2S. The Bertz CT molecular complexity index is 412. The first-order chi connectivity index (χ1) is 7.65. The predicted molar refractivity (Wildman–Crippen MR) is 63.2 cm³/mol. The van der Waals surface area contributed by atoms with Crippen LogP contribution in [0, 0.1) is 0 Å². The van der Waals surface area contributed by atoms with Gasteiger partial charge in [0.25, 0.3) is 0 Å². The molecule has 2 heterocycles. The summed E-state index contributed by atoms with van der Waals surface area (Å²) in [5.74, 6) is -0.289. The zero-order chi connectivity index (χ0) is 11.5. The van der Waals surface area contributed by atoms with Gasteiger partial charge < -0.3 is 10.6 Å². The number of halogens is 1. The molecule has 0 saturated carbocycles. The summed E-state index contributed by atoms with van der Waals surface area (Å²) >= 11 is 4.60. The van der Waals surface area contributed by atoms with E-state index in [9.17, 15) is 9.59 Å². The maximum Gasteiger partial charge on any atom is 0.245 e. The number of aromatic nitrogens is 1. The fourth-order valence-electron chi connectivity index (χ4n) is 1.26. The van der Waals surface area contributed by atoms with E-state index in [-0.39, 0.29) is 18.4 Å². The number of amides is 2. The van der Waals surface area contributed by atoms with Gasteiger partial charge in [-0.2, -0.15) is 0 Å². The average Bonchev–Trinajstić information content (AvgIpc) is 2.65. The number of rotatable bonds is 2. The van der Waals surface area contributed by atoms with Crippen LogP contribution in [-0.2, 0) is 9.59 Å². The monoisotopic (exact) mass is 304 g/mol. The van der Waals surface area contributed by atoms with E-state index in [1.165, 1.54) is 11.3 Å². The van der Waals surface area contributed by atoms with Gasteiger partial charge in [-0.3, -0.25) is 14.9 Å². The van der Waals surface area contributed by atoms with Crippen molar-refractivity contribution in [1.82, 2.24) is 15.6 Å². The van der Waals surface area contributed by atoms with Crippen molar-refractivity contribution in [3.8, 4) is 0 Å². The Morgan fingerprint density at radius 2 is 2.50 bits per heavy atom. The van der Waals surface area contributed by atoms with Crippen molar-refractivity contribution in [2.45, 2.75) is 6.04 Å². The Morgan fingerprint density at radius 1 is 1.69 bits per heavy atom. The van der Waals surface area contributed by atoms with Crippen LogP contribution in [0.15, 0.2) is 9.98 Å². The molecule has 1 unspecified atom stereocenters. The van der Waals surface area contributed by atoms with Gasteiger partial charge in [0.2, 0.25) is 11.8 Å². The van der Waals surface area contributed by atoms with Gasteiger partial charge >= 0.3 is 0 Å². The highest BCUT2D eigenvalue weighted by Crippen LogP contribution is 2.23. The molecule has 1 aromatic rings. The molecule has 1 saturated heterocycles. The van der Waals surface area contributed by atoms with Crippen molar-refractivity contribution < 1.29 is 9.59 Å². The number of carbonyl (C=O) groups is 2. The zero-order valence-electron chi connectivity index (χ0n) is 8.12. The van der Waals surface area contributed by atoms with Gasteiger partial charge in [-0.05, 0) is 15.9 Å². The SMILES string of the molecule is O=C1CNC(C(=O)Nc2ncc(Br)s2)CN1. The number of thiazole rings is 1. The molecule has 8 heteroatoms. The van der Waals surface area contributed by atoms with Gasteiger partial charge in [0, 0.05) is 6.54 Å². The highest BCUT2D eigenvalue weighted by atomic mass is 79.9. The van der Waals surface area contributed by atoms with Gasteiger partial charge in [0.05, 0.1) is 16.5 Å². The third-order valence-electron chi connectivity index (χ3n) is 2.04. The quantitative estimate of drug-likeness (QED) is 0.714. The molecule has 1 fully saturated rings. The minimum atomic E-state index is -0.402. The molecule has 1 aromatic heterocycles. The summed E-state index contributed by atoms with van der Waals surface area (Å²) in [7, 11) is 0. The number of hydrogen-bond donors (Lipinski definition) is 3.